The molecule has 0 saturated heterocycles. The van der Waals surface area contributed by atoms with Gasteiger partial charge in [-0.2, -0.15) is 18.2 Å². The van der Waals surface area contributed by atoms with Crippen LogP contribution in [0.3, 0.4) is 0 Å². The van der Waals surface area contributed by atoms with E-state index in [4.69, 9.17) is 0 Å². The lowest BCUT2D eigenvalue weighted by molar-refractivity contribution is -0.137. The molecule has 0 radical (unpaired) electrons. The number of nitrogens with one attached hydrogen (secondary N) is 3. The molecule has 3 N–H and O–H groups in total. The number of benzene rings is 1. The summed E-state index contributed by atoms with van der Waals surface area (Å²) in [6, 6.07) is 5.39. The maximum Gasteiger partial charge on any atom is 0.421 e. The maximum absolute atomic E-state index is 13.2. The number of aryl methyl sites for hydroxylation is 1. The van der Waals surface area contributed by atoms with Crippen LogP contribution in [0.5, 0.6) is 0 Å². The molecule has 27 heavy (non-hydrogen) atoms. The first-order valence-electron chi connectivity index (χ1n) is 8.79. The van der Waals surface area contributed by atoms with Crippen molar-refractivity contribution in [3.63, 3.8) is 0 Å². The Hall–Kier alpha value is -2.84. The van der Waals surface area contributed by atoms with Crippen molar-refractivity contribution in [1.82, 2.24) is 9.97 Å². The van der Waals surface area contributed by atoms with Gasteiger partial charge in [-0.05, 0) is 43.4 Å². The van der Waals surface area contributed by atoms with E-state index in [0.29, 0.717) is 24.2 Å². The van der Waals surface area contributed by atoms with Crippen LogP contribution in [0.25, 0.3) is 0 Å². The monoisotopic (exact) mass is 377 g/mol. The molecule has 0 unspecified atom stereocenters. The topological polar surface area (TPSA) is 78.9 Å². The lowest BCUT2D eigenvalue weighted by Gasteiger charge is -2.28. The number of anilines is 4. The van der Waals surface area contributed by atoms with E-state index in [9.17, 15) is 18.0 Å². The third-order valence-electron chi connectivity index (χ3n) is 4.80. The Balaban J connectivity index is 1.59. The molecule has 142 valence electrons. The molecule has 1 aliphatic heterocycles. The van der Waals surface area contributed by atoms with Gasteiger partial charge in [-0.3, -0.25) is 4.79 Å². The van der Waals surface area contributed by atoms with Crippen LogP contribution in [-0.4, -0.2) is 21.9 Å². The number of aromatic nitrogens is 2. The van der Waals surface area contributed by atoms with E-state index >= 15 is 0 Å². The van der Waals surface area contributed by atoms with Gasteiger partial charge >= 0.3 is 6.18 Å². The molecular formula is C18H18F3N5O. The smallest absolute Gasteiger partial charge is 0.367 e. The van der Waals surface area contributed by atoms with Gasteiger partial charge in [-0.25, -0.2) is 4.98 Å². The van der Waals surface area contributed by atoms with E-state index in [1.54, 1.807) is 12.1 Å². The number of hydrogen-bond acceptors (Lipinski definition) is 5. The molecule has 1 aromatic heterocycles. The highest BCUT2D eigenvalue weighted by atomic mass is 19.4. The Kier molecular flexibility index (Phi) is 4.37. The first kappa shape index (κ1) is 17.6. The van der Waals surface area contributed by atoms with Gasteiger partial charge in [-0.15, -0.1) is 0 Å². The lowest BCUT2D eigenvalue weighted by Crippen LogP contribution is -2.29. The Bertz CT molecular complexity index is 880. The second-order valence-electron chi connectivity index (χ2n) is 6.77. The van der Waals surface area contributed by atoms with E-state index < -0.39 is 11.7 Å². The Morgan fingerprint density at radius 1 is 1.19 bits per heavy atom. The van der Waals surface area contributed by atoms with Gasteiger partial charge in [0.15, 0.2) is 0 Å². The summed E-state index contributed by atoms with van der Waals surface area (Å²) in [4.78, 5) is 19.4. The Morgan fingerprint density at radius 3 is 2.70 bits per heavy atom. The van der Waals surface area contributed by atoms with Crippen molar-refractivity contribution >= 4 is 29.0 Å². The minimum absolute atomic E-state index is 0.00723. The summed E-state index contributed by atoms with van der Waals surface area (Å²) >= 11 is 0. The fraction of sp³-hybridized carbons (Fsp3) is 0.389. The van der Waals surface area contributed by atoms with Crippen molar-refractivity contribution in [3.05, 3.63) is 35.5 Å². The minimum Gasteiger partial charge on any atom is -0.367 e. The third-order valence-corrected chi connectivity index (χ3v) is 4.80. The van der Waals surface area contributed by atoms with E-state index in [1.807, 2.05) is 6.07 Å². The van der Waals surface area contributed by atoms with Crippen molar-refractivity contribution in [3.8, 4) is 0 Å². The predicted octanol–water partition coefficient (Wildman–Crippen LogP) is 4.09. The van der Waals surface area contributed by atoms with Crippen molar-refractivity contribution in [2.24, 2.45) is 0 Å². The van der Waals surface area contributed by atoms with Gasteiger partial charge in [0, 0.05) is 30.0 Å². The summed E-state index contributed by atoms with van der Waals surface area (Å²) < 4.78 is 39.7. The van der Waals surface area contributed by atoms with E-state index in [1.165, 1.54) is 0 Å². The van der Waals surface area contributed by atoms with Crippen LogP contribution in [0.15, 0.2) is 24.4 Å². The van der Waals surface area contributed by atoms with Gasteiger partial charge in [0.05, 0.1) is 0 Å². The van der Waals surface area contributed by atoms with Crippen molar-refractivity contribution in [2.75, 3.05) is 16.0 Å². The highest BCUT2D eigenvalue weighted by Gasteiger charge is 2.36. The van der Waals surface area contributed by atoms with E-state index in [2.05, 4.69) is 25.9 Å². The quantitative estimate of drug-likeness (QED) is 0.748. The summed E-state index contributed by atoms with van der Waals surface area (Å²) in [6.45, 7) is 0. The summed E-state index contributed by atoms with van der Waals surface area (Å²) in [5.74, 6) is -0.208. The van der Waals surface area contributed by atoms with Gasteiger partial charge in [0.1, 0.15) is 11.4 Å². The first-order chi connectivity index (χ1) is 12.9. The van der Waals surface area contributed by atoms with Crippen LogP contribution in [0.4, 0.5) is 36.3 Å². The molecule has 6 nitrogen and oxygen atoms in total. The fourth-order valence-electron chi connectivity index (χ4n) is 3.08. The molecule has 0 spiro atoms. The number of nitrogens with zero attached hydrogens (tertiary/aromatic N) is 2. The van der Waals surface area contributed by atoms with E-state index in [0.717, 1.165) is 31.0 Å². The summed E-state index contributed by atoms with van der Waals surface area (Å²) in [5, 5.41) is 8.57. The lowest BCUT2D eigenvalue weighted by atomic mass is 9.93. The number of carbonyl (C=O) groups excluding carboxylic acids is 1. The highest BCUT2D eigenvalue weighted by molar-refractivity contribution is 5.94. The number of rotatable bonds is 4. The van der Waals surface area contributed by atoms with Gasteiger partial charge < -0.3 is 16.0 Å². The van der Waals surface area contributed by atoms with Gasteiger partial charge in [0.25, 0.3) is 0 Å². The molecule has 9 heteroatoms. The summed E-state index contributed by atoms with van der Waals surface area (Å²) in [5.41, 5.74) is 1.42. The predicted molar refractivity (Wildman–Crippen MR) is 95.0 cm³/mol. The average Bonchev–Trinajstić information content (AvgIpc) is 2.57. The van der Waals surface area contributed by atoms with Crippen LogP contribution in [-0.2, 0) is 17.4 Å². The van der Waals surface area contributed by atoms with Gasteiger partial charge in [-0.1, -0.05) is 6.07 Å². The molecule has 1 fully saturated rings. The summed E-state index contributed by atoms with van der Waals surface area (Å²) in [7, 11) is 0. The third kappa shape index (κ3) is 3.81. The van der Waals surface area contributed by atoms with Crippen LogP contribution in [0.2, 0.25) is 0 Å². The first-order valence-corrected chi connectivity index (χ1v) is 8.79. The highest BCUT2D eigenvalue weighted by Crippen LogP contribution is 2.36. The largest absolute Gasteiger partial charge is 0.421 e. The van der Waals surface area contributed by atoms with Crippen LogP contribution >= 0.6 is 0 Å². The van der Waals surface area contributed by atoms with Crippen molar-refractivity contribution in [2.45, 2.75) is 44.3 Å². The average molecular weight is 377 g/mol. The second kappa shape index (κ2) is 6.71. The van der Waals surface area contributed by atoms with Crippen LogP contribution in [0, 0.1) is 0 Å². The zero-order chi connectivity index (χ0) is 19.0. The number of hydrogen-bond donors (Lipinski definition) is 3. The number of halogens is 3. The molecule has 0 bridgehead atoms. The zero-order valence-electron chi connectivity index (χ0n) is 14.4. The van der Waals surface area contributed by atoms with Crippen LogP contribution < -0.4 is 16.0 Å². The van der Waals surface area contributed by atoms with E-state index in [-0.39, 0.29) is 23.7 Å². The van der Waals surface area contributed by atoms with Crippen molar-refractivity contribution < 1.29 is 18.0 Å². The number of carbonyl (C=O) groups is 1. The molecule has 1 saturated carbocycles. The molecule has 2 heterocycles. The van der Waals surface area contributed by atoms with Gasteiger partial charge in [0.2, 0.25) is 11.9 Å². The Labute approximate surface area is 153 Å². The molecule has 4 rings (SSSR count). The normalized spacial score (nSPS) is 16.9. The fourth-order valence-corrected chi connectivity index (χ4v) is 3.08. The summed E-state index contributed by atoms with van der Waals surface area (Å²) in [6.07, 6.45) is 0.0160. The minimum atomic E-state index is -4.53. The number of alkyl halides is 3. The molecule has 0 atom stereocenters. The molecular weight excluding hydrogens is 359 g/mol. The Morgan fingerprint density at radius 2 is 2.00 bits per heavy atom. The van der Waals surface area contributed by atoms with Crippen molar-refractivity contribution in [1.29, 1.82) is 0 Å². The SMILES string of the molecule is O=C1CCc2ccc(Nc3ncc(C(F)(F)F)c(NC4CCC4)n3)cc2N1. The standard InChI is InChI=1S/C18H18F3N5O/c19-18(20,21)13-9-22-17(26-16(13)23-11-2-1-3-11)24-12-6-4-10-5-7-15(27)25-14(10)8-12/h4,6,8-9,11H,1-3,5,7H2,(H,25,27)(H2,22,23,24,26). The maximum atomic E-state index is 13.2. The molecule has 1 aromatic carbocycles. The number of fused-ring (bicyclic) bond motifs is 1. The second-order valence-corrected chi connectivity index (χ2v) is 6.77. The molecule has 1 amide bonds. The molecule has 1 aliphatic carbocycles. The van der Waals surface area contributed by atoms with Crippen LogP contribution in [0.1, 0.15) is 36.8 Å². The number of amides is 1. The molecule has 2 aromatic rings. The zero-order valence-corrected chi connectivity index (χ0v) is 14.4. The molecule has 2 aliphatic rings.